The van der Waals surface area contributed by atoms with Crippen molar-refractivity contribution in [2.45, 2.75) is 38.8 Å². The first kappa shape index (κ1) is 20.4. The van der Waals surface area contributed by atoms with E-state index >= 15 is 0 Å². The molecule has 0 spiro atoms. The quantitative estimate of drug-likeness (QED) is 0.766. The van der Waals surface area contributed by atoms with E-state index in [-0.39, 0.29) is 24.7 Å². The van der Waals surface area contributed by atoms with Crippen LogP contribution in [-0.2, 0) is 22.7 Å². The lowest BCUT2D eigenvalue weighted by Gasteiger charge is -2.29. The highest BCUT2D eigenvalue weighted by Gasteiger charge is 2.23. The number of likely N-dealkylation sites (tertiary alicyclic amines) is 1. The number of carbonyl (C=O) groups is 2. The van der Waals surface area contributed by atoms with Gasteiger partial charge in [-0.15, -0.1) is 0 Å². The van der Waals surface area contributed by atoms with Crippen LogP contribution in [0.4, 0.5) is 5.69 Å². The molecule has 0 aliphatic carbocycles. The average molecular weight is 408 g/mol. The second-order valence-corrected chi connectivity index (χ2v) is 7.89. The highest BCUT2D eigenvalue weighted by Crippen LogP contribution is 2.31. The molecule has 2 aromatic rings. The molecule has 158 valence electrons. The van der Waals surface area contributed by atoms with Crippen molar-refractivity contribution in [2.75, 3.05) is 31.1 Å². The predicted octanol–water partition coefficient (Wildman–Crippen LogP) is 3.10. The van der Waals surface area contributed by atoms with E-state index in [0.717, 1.165) is 36.6 Å². The standard InChI is InChI=1S/C24H29N3O3/c28-23(11-12-24(29)27-15-16-30-22-10-4-3-9-21(22)27)25-17-19-7-1-2-8-20(19)18-26-13-5-6-14-26/h1-4,7-10H,5-6,11-18H2,(H,25,28). The lowest BCUT2D eigenvalue weighted by molar-refractivity contribution is -0.125. The summed E-state index contributed by atoms with van der Waals surface area (Å²) in [6.07, 6.45) is 2.91. The summed E-state index contributed by atoms with van der Waals surface area (Å²) < 4.78 is 5.60. The molecule has 2 amide bonds. The van der Waals surface area contributed by atoms with E-state index < -0.39 is 0 Å². The van der Waals surface area contributed by atoms with Gasteiger partial charge >= 0.3 is 0 Å². The molecular formula is C24H29N3O3. The number of rotatable bonds is 7. The van der Waals surface area contributed by atoms with Crippen molar-refractivity contribution in [1.82, 2.24) is 10.2 Å². The number of hydrogen-bond donors (Lipinski definition) is 1. The number of benzene rings is 2. The zero-order valence-electron chi connectivity index (χ0n) is 17.3. The summed E-state index contributed by atoms with van der Waals surface area (Å²) in [4.78, 5) is 29.2. The summed E-state index contributed by atoms with van der Waals surface area (Å²) in [5.41, 5.74) is 3.19. The van der Waals surface area contributed by atoms with Crippen LogP contribution < -0.4 is 15.0 Å². The van der Waals surface area contributed by atoms with Crippen molar-refractivity contribution in [3.63, 3.8) is 0 Å². The normalized spacial score (nSPS) is 16.1. The molecule has 1 saturated heterocycles. The van der Waals surface area contributed by atoms with Gasteiger partial charge in [0.1, 0.15) is 12.4 Å². The number of ether oxygens (including phenoxy) is 1. The molecule has 0 bridgehead atoms. The number of amides is 2. The van der Waals surface area contributed by atoms with E-state index in [1.807, 2.05) is 30.3 Å². The molecule has 0 radical (unpaired) electrons. The Morgan fingerprint density at radius 3 is 2.47 bits per heavy atom. The SMILES string of the molecule is O=C(CCC(=O)N1CCOc2ccccc21)NCc1ccccc1CN1CCCC1. The Kier molecular flexibility index (Phi) is 6.64. The third-order valence-electron chi connectivity index (χ3n) is 5.78. The Bertz CT molecular complexity index is 893. The number of nitrogens with zero attached hydrogens (tertiary/aromatic N) is 2. The lowest BCUT2D eigenvalue weighted by atomic mass is 10.1. The van der Waals surface area contributed by atoms with Gasteiger partial charge in [-0.05, 0) is 49.2 Å². The van der Waals surface area contributed by atoms with Crippen LogP contribution in [0.5, 0.6) is 5.75 Å². The molecule has 6 nitrogen and oxygen atoms in total. The number of nitrogens with one attached hydrogen (secondary N) is 1. The first-order valence-corrected chi connectivity index (χ1v) is 10.8. The topological polar surface area (TPSA) is 61.9 Å². The van der Waals surface area contributed by atoms with Gasteiger partial charge < -0.3 is 15.0 Å². The van der Waals surface area contributed by atoms with Crippen LogP contribution in [0.1, 0.15) is 36.8 Å². The maximum Gasteiger partial charge on any atom is 0.227 e. The second-order valence-electron chi connectivity index (χ2n) is 7.89. The summed E-state index contributed by atoms with van der Waals surface area (Å²) in [5, 5.41) is 2.99. The van der Waals surface area contributed by atoms with Crippen LogP contribution in [0.15, 0.2) is 48.5 Å². The van der Waals surface area contributed by atoms with Crippen LogP contribution in [0.25, 0.3) is 0 Å². The molecule has 0 aromatic heterocycles. The van der Waals surface area contributed by atoms with Crippen molar-refractivity contribution in [1.29, 1.82) is 0 Å². The maximum absolute atomic E-state index is 12.7. The third-order valence-corrected chi connectivity index (χ3v) is 5.78. The van der Waals surface area contributed by atoms with Gasteiger partial charge in [0.25, 0.3) is 0 Å². The van der Waals surface area contributed by atoms with Crippen LogP contribution in [-0.4, -0.2) is 43.0 Å². The number of hydrogen-bond acceptors (Lipinski definition) is 4. The van der Waals surface area contributed by atoms with Crippen molar-refractivity contribution in [2.24, 2.45) is 0 Å². The summed E-state index contributed by atoms with van der Waals surface area (Å²) in [5.74, 6) is 0.576. The highest BCUT2D eigenvalue weighted by molar-refractivity contribution is 5.97. The fourth-order valence-electron chi connectivity index (χ4n) is 4.13. The molecule has 2 heterocycles. The number of carbonyl (C=O) groups excluding carboxylic acids is 2. The minimum absolute atomic E-state index is 0.0460. The van der Waals surface area contributed by atoms with Crippen molar-refractivity contribution in [3.8, 4) is 5.75 Å². The Balaban J connectivity index is 1.27. The highest BCUT2D eigenvalue weighted by atomic mass is 16.5. The monoisotopic (exact) mass is 407 g/mol. The fraction of sp³-hybridized carbons (Fsp3) is 0.417. The molecule has 1 N–H and O–H groups in total. The fourth-order valence-corrected chi connectivity index (χ4v) is 4.13. The van der Waals surface area contributed by atoms with Gasteiger partial charge in [0.15, 0.2) is 0 Å². The van der Waals surface area contributed by atoms with Crippen molar-refractivity contribution in [3.05, 3.63) is 59.7 Å². The molecule has 30 heavy (non-hydrogen) atoms. The van der Waals surface area contributed by atoms with Crippen LogP contribution in [0, 0.1) is 0 Å². The van der Waals surface area contributed by atoms with E-state index in [4.69, 9.17) is 4.74 Å². The lowest BCUT2D eigenvalue weighted by Crippen LogP contribution is -2.38. The molecule has 0 atom stereocenters. The van der Waals surface area contributed by atoms with Gasteiger partial charge in [0.2, 0.25) is 11.8 Å². The Morgan fingerprint density at radius 2 is 1.63 bits per heavy atom. The van der Waals surface area contributed by atoms with E-state index in [0.29, 0.717) is 19.7 Å². The molecule has 6 heteroatoms. The molecule has 0 unspecified atom stereocenters. The number of anilines is 1. The third kappa shape index (κ3) is 5.00. The minimum atomic E-state index is -0.0964. The zero-order chi connectivity index (χ0) is 20.8. The molecule has 2 aliphatic rings. The van der Waals surface area contributed by atoms with Crippen LogP contribution >= 0.6 is 0 Å². The second kappa shape index (κ2) is 9.76. The molecular weight excluding hydrogens is 378 g/mol. The van der Waals surface area contributed by atoms with Gasteiger partial charge in [-0.2, -0.15) is 0 Å². The smallest absolute Gasteiger partial charge is 0.227 e. The molecule has 2 aromatic carbocycles. The number of para-hydroxylation sites is 2. The van der Waals surface area contributed by atoms with Gasteiger partial charge in [-0.3, -0.25) is 14.5 Å². The average Bonchev–Trinajstić information content (AvgIpc) is 3.29. The molecule has 1 fully saturated rings. The van der Waals surface area contributed by atoms with E-state index in [1.54, 1.807) is 4.90 Å². The minimum Gasteiger partial charge on any atom is -0.490 e. The van der Waals surface area contributed by atoms with Gasteiger partial charge in [0, 0.05) is 25.9 Å². The maximum atomic E-state index is 12.7. The Hall–Kier alpha value is -2.86. The van der Waals surface area contributed by atoms with Crippen molar-refractivity contribution >= 4 is 17.5 Å². The molecule has 4 rings (SSSR count). The largest absolute Gasteiger partial charge is 0.490 e. The molecule has 2 aliphatic heterocycles. The van der Waals surface area contributed by atoms with Gasteiger partial charge in [-0.1, -0.05) is 36.4 Å². The summed E-state index contributed by atoms with van der Waals surface area (Å²) in [6, 6.07) is 15.8. The first-order chi connectivity index (χ1) is 14.7. The van der Waals surface area contributed by atoms with Gasteiger partial charge in [-0.25, -0.2) is 0 Å². The summed E-state index contributed by atoms with van der Waals surface area (Å²) in [7, 11) is 0. The predicted molar refractivity (Wildman–Crippen MR) is 116 cm³/mol. The Labute approximate surface area is 177 Å². The van der Waals surface area contributed by atoms with Gasteiger partial charge in [0.05, 0.1) is 12.2 Å². The van der Waals surface area contributed by atoms with E-state index in [2.05, 4.69) is 28.4 Å². The van der Waals surface area contributed by atoms with Crippen LogP contribution in [0.3, 0.4) is 0 Å². The van der Waals surface area contributed by atoms with E-state index in [9.17, 15) is 9.59 Å². The zero-order valence-corrected chi connectivity index (χ0v) is 17.3. The molecule has 0 saturated carbocycles. The number of fused-ring (bicyclic) bond motifs is 1. The Morgan fingerprint density at radius 1 is 0.900 bits per heavy atom. The first-order valence-electron chi connectivity index (χ1n) is 10.8. The summed E-state index contributed by atoms with van der Waals surface area (Å²) >= 11 is 0. The summed E-state index contributed by atoms with van der Waals surface area (Å²) in [6.45, 7) is 4.71. The van der Waals surface area contributed by atoms with Crippen molar-refractivity contribution < 1.29 is 14.3 Å². The van der Waals surface area contributed by atoms with Crippen LogP contribution in [0.2, 0.25) is 0 Å². The van der Waals surface area contributed by atoms with E-state index in [1.165, 1.54) is 18.4 Å².